The lowest BCUT2D eigenvalue weighted by Gasteiger charge is -2.17. The van der Waals surface area contributed by atoms with E-state index in [1.165, 1.54) is 6.33 Å². The Balaban J connectivity index is 2.83. The maximum atomic E-state index is 5.70. The molecule has 0 radical (unpaired) electrons. The van der Waals surface area contributed by atoms with Gasteiger partial charge >= 0.3 is 0 Å². The minimum Gasteiger partial charge on any atom is -0.396 e. The quantitative estimate of drug-likeness (QED) is 0.688. The van der Waals surface area contributed by atoms with Crippen LogP contribution < -0.4 is 5.73 Å². The van der Waals surface area contributed by atoms with E-state index in [2.05, 4.69) is 30.7 Å². The fourth-order valence-corrected chi connectivity index (χ4v) is 1.02. The van der Waals surface area contributed by atoms with Crippen LogP contribution in [0.15, 0.2) is 12.5 Å². The fraction of sp³-hybridized carbons (Fsp3) is 0.556. The van der Waals surface area contributed by atoms with Gasteiger partial charge in [0.2, 0.25) is 0 Å². The van der Waals surface area contributed by atoms with Gasteiger partial charge in [-0.15, -0.1) is 0 Å². The van der Waals surface area contributed by atoms with Crippen LogP contribution in [0, 0.1) is 5.41 Å². The number of hydrogen-bond acceptors (Lipinski definition) is 3. The number of nitrogens with zero attached hydrogens (tertiary/aromatic N) is 2. The molecule has 0 aliphatic rings. The van der Waals surface area contributed by atoms with Crippen LogP contribution in [0.2, 0.25) is 0 Å². The third-order valence-corrected chi connectivity index (χ3v) is 1.52. The third-order valence-electron chi connectivity index (χ3n) is 1.52. The molecule has 3 heteroatoms. The van der Waals surface area contributed by atoms with Crippen molar-refractivity contribution in [2.24, 2.45) is 5.41 Å². The number of rotatable bonds is 1. The molecule has 0 unspecified atom stereocenters. The van der Waals surface area contributed by atoms with E-state index in [1.54, 1.807) is 6.20 Å². The summed E-state index contributed by atoms with van der Waals surface area (Å²) in [6, 6.07) is 0. The van der Waals surface area contributed by atoms with Gasteiger partial charge in [0, 0.05) is 0 Å². The average molecular weight is 165 g/mol. The number of nitrogens with two attached hydrogens (primary N) is 1. The molecule has 0 aliphatic carbocycles. The molecule has 1 heterocycles. The Morgan fingerprint density at radius 1 is 1.42 bits per heavy atom. The molecule has 0 amide bonds. The van der Waals surface area contributed by atoms with Gasteiger partial charge in [-0.3, -0.25) is 0 Å². The van der Waals surface area contributed by atoms with Crippen LogP contribution in [0.4, 0.5) is 5.69 Å². The van der Waals surface area contributed by atoms with Crippen LogP contribution in [0.3, 0.4) is 0 Å². The van der Waals surface area contributed by atoms with Gasteiger partial charge in [0.1, 0.15) is 6.33 Å². The van der Waals surface area contributed by atoms with Gasteiger partial charge in [0.15, 0.2) is 0 Å². The number of nitrogen functional groups attached to an aromatic ring is 1. The van der Waals surface area contributed by atoms with Crippen molar-refractivity contribution in [2.75, 3.05) is 5.73 Å². The van der Waals surface area contributed by atoms with Crippen molar-refractivity contribution in [3.8, 4) is 0 Å². The SMILES string of the molecule is CC(C)(C)Cc1ncncc1N. The van der Waals surface area contributed by atoms with E-state index in [0.717, 1.165) is 12.1 Å². The highest BCUT2D eigenvalue weighted by molar-refractivity contribution is 5.39. The van der Waals surface area contributed by atoms with Gasteiger partial charge in [-0.1, -0.05) is 20.8 Å². The first-order chi connectivity index (χ1) is 5.49. The van der Waals surface area contributed by atoms with E-state index in [0.29, 0.717) is 5.69 Å². The molecule has 2 N–H and O–H groups in total. The Morgan fingerprint density at radius 2 is 2.08 bits per heavy atom. The Bertz CT molecular complexity index is 263. The summed E-state index contributed by atoms with van der Waals surface area (Å²) >= 11 is 0. The van der Waals surface area contributed by atoms with Crippen LogP contribution >= 0.6 is 0 Å². The minimum absolute atomic E-state index is 0.225. The molecule has 0 fully saturated rings. The predicted molar refractivity (Wildman–Crippen MR) is 49.6 cm³/mol. The standard InChI is InChI=1S/C9H15N3/c1-9(2,3)4-8-7(10)5-11-6-12-8/h5-6H,4,10H2,1-3H3. The monoisotopic (exact) mass is 165 g/mol. The zero-order chi connectivity index (χ0) is 9.19. The molecule has 0 aromatic carbocycles. The molecule has 0 spiro atoms. The second kappa shape index (κ2) is 3.09. The van der Waals surface area contributed by atoms with Crippen LogP contribution in [0.25, 0.3) is 0 Å². The summed E-state index contributed by atoms with van der Waals surface area (Å²) in [6.45, 7) is 6.48. The molecule has 0 atom stereocenters. The Morgan fingerprint density at radius 3 is 2.58 bits per heavy atom. The van der Waals surface area contributed by atoms with Crippen molar-refractivity contribution in [3.05, 3.63) is 18.2 Å². The fourth-order valence-electron chi connectivity index (χ4n) is 1.02. The van der Waals surface area contributed by atoms with Gasteiger partial charge in [0.05, 0.1) is 17.6 Å². The van der Waals surface area contributed by atoms with Gasteiger partial charge in [0.25, 0.3) is 0 Å². The number of hydrogen-bond donors (Lipinski definition) is 1. The summed E-state index contributed by atoms with van der Waals surface area (Å²) in [5.41, 5.74) is 7.56. The molecule has 66 valence electrons. The third kappa shape index (κ3) is 2.49. The molecule has 3 nitrogen and oxygen atoms in total. The molecule has 1 rings (SSSR count). The lowest BCUT2D eigenvalue weighted by molar-refractivity contribution is 0.407. The molecular formula is C9H15N3. The van der Waals surface area contributed by atoms with Gasteiger partial charge in [-0.25, -0.2) is 9.97 Å². The predicted octanol–water partition coefficient (Wildman–Crippen LogP) is 1.65. The minimum atomic E-state index is 0.225. The van der Waals surface area contributed by atoms with Gasteiger partial charge < -0.3 is 5.73 Å². The molecule has 0 saturated carbocycles. The van der Waals surface area contributed by atoms with E-state index < -0.39 is 0 Å². The zero-order valence-corrected chi connectivity index (χ0v) is 7.83. The summed E-state index contributed by atoms with van der Waals surface area (Å²) < 4.78 is 0. The lowest BCUT2D eigenvalue weighted by atomic mass is 9.90. The van der Waals surface area contributed by atoms with Crippen molar-refractivity contribution in [1.82, 2.24) is 9.97 Å². The van der Waals surface area contributed by atoms with E-state index in [1.807, 2.05) is 0 Å². The summed E-state index contributed by atoms with van der Waals surface area (Å²) in [4.78, 5) is 7.97. The van der Waals surface area contributed by atoms with Crippen molar-refractivity contribution < 1.29 is 0 Å². The van der Waals surface area contributed by atoms with Crippen molar-refractivity contribution in [2.45, 2.75) is 27.2 Å². The number of aromatic nitrogens is 2. The summed E-state index contributed by atoms with van der Waals surface area (Å²) in [5.74, 6) is 0. The highest BCUT2D eigenvalue weighted by Gasteiger charge is 2.13. The average Bonchev–Trinajstić information content (AvgIpc) is 1.91. The first kappa shape index (κ1) is 8.97. The second-order valence-electron chi connectivity index (χ2n) is 4.16. The highest BCUT2D eigenvalue weighted by Crippen LogP contribution is 2.21. The Hall–Kier alpha value is -1.12. The maximum Gasteiger partial charge on any atom is 0.115 e. The normalized spacial score (nSPS) is 11.6. The van der Waals surface area contributed by atoms with Crippen molar-refractivity contribution in [3.63, 3.8) is 0 Å². The molecule has 0 bridgehead atoms. The Kier molecular flexibility index (Phi) is 2.31. The largest absolute Gasteiger partial charge is 0.396 e. The van der Waals surface area contributed by atoms with E-state index in [9.17, 15) is 0 Å². The molecule has 1 aromatic rings. The molecule has 0 aliphatic heterocycles. The maximum absolute atomic E-state index is 5.70. The van der Waals surface area contributed by atoms with Gasteiger partial charge in [-0.05, 0) is 11.8 Å². The lowest BCUT2D eigenvalue weighted by Crippen LogP contribution is -2.12. The van der Waals surface area contributed by atoms with Crippen LogP contribution in [-0.2, 0) is 6.42 Å². The Labute approximate surface area is 73.0 Å². The smallest absolute Gasteiger partial charge is 0.115 e. The van der Waals surface area contributed by atoms with Gasteiger partial charge in [-0.2, -0.15) is 0 Å². The summed E-state index contributed by atoms with van der Waals surface area (Å²) in [7, 11) is 0. The molecule has 0 saturated heterocycles. The summed E-state index contributed by atoms with van der Waals surface area (Å²) in [5, 5.41) is 0. The van der Waals surface area contributed by atoms with Crippen molar-refractivity contribution in [1.29, 1.82) is 0 Å². The first-order valence-corrected chi connectivity index (χ1v) is 4.03. The topological polar surface area (TPSA) is 51.8 Å². The van der Waals surface area contributed by atoms with Crippen molar-refractivity contribution >= 4 is 5.69 Å². The molecule has 12 heavy (non-hydrogen) atoms. The van der Waals surface area contributed by atoms with Crippen LogP contribution in [0.1, 0.15) is 26.5 Å². The number of anilines is 1. The second-order valence-corrected chi connectivity index (χ2v) is 4.16. The molecule has 1 aromatic heterocycles. The molecular weight excluding hydrogens is 150 g/mol. The van der Waals surface area contributed by atoms with E-state index in [4.69, 9.17) is 5.73 Å². The first-order valence-electron chi connectivity index (χ1n) is 4.03. The van der Waals surface area contributed by atoms with E-state index >= 15 is 0 Å². The zero-order valence-electron chi connectivity index (χ0n) is 7.83. The summed E-state index contributed by atoms with van der Waals surface area (Å²) in [6.07, 6.45) is 4.08. The van der Waals surface area contributed by atoms with Crippen LogP contribution in [0.5, 0.6) is 0 Å². The van der Waals surface area contributed by atoms with Crippen LogP contribution in [-0.4, -0.2) is 9.97 Å². The highest BCUT2D eigenvalue weighted by atomic mass is 14.9. The van der Waals surface area contributed by atoms with E-state index in [-0.39, 0.29) is 5.41 Å².